The van der Waals surface area contributed by atoms with Crippen molar-refractivity contribution >= 4 is 11.4 Å². The molecule has 2 aromatic carbocycles. The van der Waals surface area contributed by atoms with Crippen LogP contribution in [0.15, 0.2) is 66.2 Å². The Bertz CT molecular complexity index is 656. The normalized spacial score (nSPS) is 23.6. The largest absolute Gasteiger partial charge is 0.299 e. The second-order valence-corrected chi connectivity index (χ2v) is 6.06. The van der Waals surface area contributed by atoms with Crippen LogP contribution in [0.3, 0.4) is 0 Å². The highest BCUT2D eigenvalue weighted by Crippen LogP contribution is 2.51. The molecule has 0 radical (unpaired) electrons. The molecule has 21 heavy (non-hydrogen) atoms. The molecule has 0 N–H and O–H groups in total. The van der Waals surface area contributed by atoms with Gasteiger partial charge in [-0.15, -0.1) is 0 Å². The summed E-state index contributed by atoms with van der Waals surface area (Å²) in [6, 6.07) is 21.1. The summed E-state index contributed by atoms with van der Waals surface area (Å²) in [5.74, 6) is 1.09. The molecular formula is C20H18O. The molecule has 2 bridgehead atoms. The minimum Gasteiger partial charge on any atom is -0.299 e. The fourth-order valence-electron chi connectivity index (χ4n) is 3.98. The number of carbonyl (C=O) groups excluding carboxylic acids is 1. The van der Waals surface area contributed by atoms with Gasteiger partial charge in [0.1, 0.15) is 5.78 Å². The number of allylic oxidation sites excluding steroid dienone is 1. The van der Waals surface area contributed by atoms with Crippen molar-refractivity contribution in [3.63, 3.8) is 0 Å². The van der Waals surface area contributed by atoms with Crippen molar-refractivity contribution in [2.45, 2.75) is 19.3 Å². The molecule has 1 heteroatoms. The highest BCUT2D eigenvalue weighted by Gasteiger charge is 2.44. The van der Waals surface area contributed by atoms with E-state index in [1.165, 1.54) is 28.7 Å². The van der Waals surface area contributed by atoms with Crippen LogP contribution in [-0.2, 0) is 4.79 Å². The van der Waals surface area contributed by atoms with E-state index in [4.69, 9.17) is 0 Å². The van der Waals surface area contributed by atoms with Crippen LogP contribution >= 0.6 is 0 Å². The zero-order valence-corrected chi connectivity index (χ0v) is 12.0. The molecule has 2 saturated carbocycles. The number of fused-ring (bicyclic) bond motifs is 2. The van der Waals surface area contributed by atoms with Gasteiger partial charge in [0.15, 0.2) is 0 Å². The van der Waals surface area contributed by atoms with E-state index < -0.39 is 0 Å². The lowest BCUT2D eigenvalue weighted by molar-refractivity contribution is -0.121. The molecule has 0 aliphatic heterocycles. The summed E-state index contributed by atoms with van der Waals surface area (Å²) < 4.78 is 0. The molecular weight excluding hydrogens is 256 g/mol. The lowest BCUT2D eigenvalue weighted by atomic mass is 9.88. The summed E-state index contributed by atoms with van der Waals surface area (Å²) in [5, 5.41) is 0. The molecule has 2 fully saturated rings. The van der Waals surface area contributed by atoms with E-state index in [1.807, 2.05) is 12.1 Å². The molecule has 0 heterocycles. The first-order chi connectivity index (χ1) is 10.3. The minimum atomic E-state index is 0.172. The van der Waals surface area contributed by atoms with E-state index in [9.17, 15) is 4.79 Å². The summed E-state index contributed by atoms with van der Waals surface area (Å²) in [4.78, 5) is 12.2. The third kappa shape index (κ3) is 2.04. The van der Waals surface area contributed by atoms with Gasteiger partial charge in [-0.2, -0.15) is 0 Å². The van der Waals surface area contributed by atoms with Gasteiger partial charge in [-0.05, 0) is 41.0 Å². The van der Waals surface area contributed by atoms with Crippen LogP contribution in [0.1, 0.15) is 30.4 Å². The average molecular weight is 274 g/mol. The Balaban J connectivity index is 1.95. The summed E-state index contributed by atoms with van der Waals surface area (Å²) in [5.41, 5.74) is 5.18. The zero-order valence-electron chi connectivity index (χ0n) is 12.0. The van der Waals surface area contributed by atoms with Gasteiger partial charge in [0.2, 0.25) is 0 Å². The van der Waals surface area contributed by atoms with E-state index in [1.54, 1.807) is 0 Å². The van der Waals surface area contributed by atoms with Gasteiger partial charge < -0.3 is 0 Å². The van der Waals surface area contributed by atoms with Crippen molar-refractivity contribution in [3.05, 3.63) is 77.4 Å². The van der Waals surface area contributed by atoms with Crippen molar-refractivity contribution in [2.75, 3.05) is 0 Å². The highest BCUT2D eigenvalue weighted by atomic mass is 16.1. The maximum Gasteiger partial charge on any atom is 0.140 e. The van der Waals surface area contributed by atoms with Gasteiger partial charge in [0.05, 0.1) is 0 Å². The van der Waals surface area contributed by atoms with E-state index >= 15 is 0 Å². The van der Waals surface area contributed by atoms with Crippen LogP contribution < -0.4 is 0 Å². The van der Waals surface area contributed by atoms with Crippen LogP contribution in [-0.4, -0.2) is 5.78 Å². The quantitative estimate of drug-likeness (QED) is 0.788. The van der Waals surface area contributed by atoms with Crippen molar-refractivity contribution < 1.29 is 4.79 Å². The predicted octanol–water partition coefficient (Wildman–Crippen LogP) is 4.49. The van der Waals surface area contributed by atoms with Gasteiger partial charge in [-0.3, -0.25) is 4.79 Å². The number of ketones is 1. The topological polar surface area (TPSA) is 17.1 Å². The van der Waals surface area contributed by atoms with Crippen molar-refractivity contribution in [1.82, 2.24) is 0 Å². The second-order valence-electron chi connectivity index (χ2n) is 6.06. The van der Waals surface area contributed by atoms with Crippen LogP contribution in [0.2, 0.25) is 0 Å². The Morgan fingerprint density at radius 1 is 0.810 bits per heavy atom. The molecule has 2 aliphatic carbocycles. The van der Waals surface area contributed by atoms with Gasteiger partial charge in [-0.1, -0.05) is 60.7 Å². The fourth-order valence-corrected chi connectivity index (χ4v) is 3.98. The summed E-state index contributed by atoms with van der Waals surface area (Å²) in [7, 11) is 0. The van der Waals surface area contributed by atoms with Crippen LogP contribution in [0.25, 0.3) is 5.57 Å². The van der Waals surface area contributed by atoms with Gasteiger partial charge in [-0.25, -0.2) is 0 Å². The number of hydrogen-bond acceptors (Lipinski definition) is 1. The lowest BCUT2D eigenvalue weighted by Crippen LogP contribution is -2.08. The van der Waals surface area contributed by atoms with E-state index in [0.717, 1.165) is 12.8 Å². The number of rotatable bonds is 2. The average Bonchev–Trinajstić information content (AvgIpc) is 3.06. The molecule has 0 saturated heterocycles. The molecule has 0 spiro atoms. The Kier molecular flexibility index (Phi) is 2.99. The van der Waals surface area contributed by atoms with Crippen LogP contribution in [0, 0.1) is 11.8 Å². The van der Waals surface area contributed by atoms with Gasteiger partial charge >= 0.3 is 0 Å². The molecule has 4 rings (SSSR count). The summed E-state index contributed by atoms with van der Waals surface area (Å²) in [6.45, 7) is 0. The summed E-state index contributed by atoms with van der Waals surface area (Å²) >= 11 is 0. The third-order valence-electron chi connectivity index (χ3n) is 4.87. The third-order valence-corrected chi connectivity index (χ3v) is 4.87. The molecule has 0 aromatic heterocycles. The summed E-state index contributed by atoms with van der Waals surface area (Å²) in [6.07, 6.45) is 2.97. The maximum atomic E-state index is 12.2. The Hall–Kier alpha value is -2.15. The second kappa shape index (κ2) is 5.00. The van der Waals surface area contributed by atoms with E-state index in [0.29, 0.717) is 11.7 Å². The first-order valence-corrected chi connectivity index (χ1v) is 7.72. The molecule has 0 amide bonds. The van der Waals surface area contributed by atoms with Gasteiger partial charge in [0.25, 0.3) is 0 Å². The van der Waals surface area contributed by atoms with Crippen LogP contribution in [0.5, 0.6) is 0 Å². The maximum absolute atomic E-state index is 12.2. The molecule has 104 valence electrons. The number of hydrogen-bond donors (Lipinski definition) is 0. The lowest BCUT2D eigenvalue weighted by Gasteiger charge is -2.15. The molecule has 2 atom stereocenters. The monoisotopic (exact) mass is 274 g/mol. The smallest absolute Gasteiger partial charge is 0.140 e. The Labute approximate surface area is 125 Å². The molecule has 2 unspecified atom stereocenters. The standard InChI is InChI=1S/C20H18O/c21-18-13-16-11-12-17(18)20(16)19(14-7-3-1-4-8-14)15-9-5-2-6-10-15/h1-10,16-17H,11-13H2. The molecule has 2 aromatic rings. The Morgan fingerprint density at radius 2 is 1.38 bits per heavy atom. The Morgan fingerprint density at radius 3 is 1.81 bits per heavy atom. The van der Waals surface area contributed by atoms with Gasteiger partial charge in [0, 0.05) is 12.3 Å². The minimum absolute atomic E-state index is 0.172. The zero-order chi connectivity index (χ0) is 14.2. The first kappa shape index (κ1) is 12.6. The SMILES string of the molecule is O=C1CC2CCC1C2=C(c1ccccc1)c1ccccc1. The van der Waals surface area contributed by atoms with Crippen LogP contribution in [0.4, 0.5) is 0 Å². The number of Topliss-reactive ketones (excluding diaryl/α,β-unsaturated/α-hetero) is 1. The number of benzene rings is 2. The van der Waals surface area contributed by atoms with Crippen molar-refractivity contribution in [1.29, 1.82) is 0 Å². The fraction of sp³-hybridized carbons (Fsp3) is 0.250. The van der Waals surface area contributed by atoms with E-state index in [2.05, 4.69) is 48.5 Å². The molecule has 2 aliphatic rings. The van der Waals surface area contributed by atoms with E-state index in [-0.39, 0.29) is 5.92 Å². The first-order valence-electron chi connectivity index (χ1n) is 7.72. The van der Waals surface area contributed by atoms with Crippen molar-refractivity contribution in [2.24, 2.45) is 11.8 Å². The highest BCUT2D eigenvalue weighted by molar-refractivity contribution is 5.95. The number of carbonyl (C=O) groups is 1. The van der Waals surface area contributed by atoms with Crippen molar-refractivity contribution in [3.8, 4) is 0 Å². The predicted molar refractivity (Wildman–Crippen MR) is 84.7 cm³/mol. The molecule has 1 nitrogen and oxygen atoms in total.